The number of likely N-dealkylation sites (N-methyl/N-ethyl adjacent to an activating group) is 1. The number of nitrogens with one attached hydrogen (secondary N) is 1. The Morgan fingerprint density at radius 3 is 2.56 bits per heavy atom. The van der Waals surface area contributed by atoms with Crippen molar-refractivity contribution < 1.29 is 14.4 Å². The molecule has 0 aliphatic carbocycles. The summed E-state index contributed by atoms with van der Waals surface area (Å²) >= 11 is 0. The number of likely N-dealkylation sites (tertiary alicyclic amines) is 1. The Kier molecular flexibility index (Phi) is 2.76. The predicted octanol–water partition coefficient (Wildman–Crippen LogP) is 0.481. The Bertz CT molecular complexity index is 432. The lowest BCUT2D eigenvalue weighted by Gasteiger charge is -2.42. The second kappa shape index (κ2) is 3.80. The largest absolute Gasteiger partial charge is 0.341 e. The molecule has 2 aliphatic rings. The Balaban J connectivity index is 2.52. The number of rotatable bonds is 3. The summed E-state index contributed by atoms with van der Waals surface area (Å²) in [6, 6.07) is 0. The number of hydrogen-bond acceptors (Lipinski definition) is 3. The van der Waals surface area contributed by atoms with Crippen molar-refractivity contribution in [3.63, 3.8) is 0 Å². The molecule has 0 aromatic heterocycles. The van der Waals surface area contributed by atoms with E-state index in [1.165, 1.54) is 4.90 Å². The number of ketones is 1. The molecule has 5 nitrogen and oxygen atoms in total. The summed E-state index contributed by atoms with van der Waals surface area (Å²) in [6.07, 6.45) is 1.23. The van der Waals surface area contributed by atoms with Crippen LogP contribution in [0.1, 0.15) is 40.0 Å². The highest BCUT2D eigenvalue weighted by Gasteiger charge is 2.64. The van der Waals surface area contributed by atoms with Gasteiger partial charge in [-0.05, 0) is 19.8 Å². The summed E-state index contributed by atoms with van der Waals surface area (Å²) in [6.45, 7) is 5.38. The van der Waals surface area contributed by atoms with Gasteiger partial charge in [-0.3, -0.25) is 14.4 Å². The number of nitrogens with zero attached hydrogens (tertiary/aromatic N) is 1. The van der Waals surface area contributed by atoms with Crippen LogP contribution in [0, 0.1) is 5.92 Å². The zero-order valence-corrected chi connectivity index (χ0v) is 11.4. The molecule has 3 atom stereocenters. The molecule has 2 aliphatic heterocycles. The van der Waals surface area contributed by atoms with E-state index >= 15 is 0 Å². The van der Waals surface area contributed by atoms with E-state index in [4.69, 9.17) is 0 Å². The van der Waals surface area contributed by atoms with Crippen molar-refractivity contribution >= 4 is 17.6 Å². The van der Waals surface area contributed by atoms with E-state index < -0.39 is 17.0 Å². The quantitative estimate of drug-likeness (QED) is 0.794. The molecule has 0 saturated carbocycles. The van der Waals surface area contributed by atoms with Gasteiger partial charge in [0.1, 0.15) is 11.1 Å². The molecule has 0 aromatic carbocycles. The second-order valence-corrected chi connectivity index (χ2v) is 5.48. The molecule has 2 amide bonds. The van der Waals surface area contributed by atoms with Gasteiger partial charge < -0.3 is 10.2 Å². The molecule has 2 fully saturated rings. The lowest BCUT2D eigenvalue weighted by atomic mass is 9.70. The molecule has 2 heterocycles. The third-order valence-corrected chi connectivity index (χ3v) is 4.77. The van der Waals surface area contributed by atoms with Crippen LogP contribution in [0.3, 0.4) is 0 Å². The average Bonchev–Trinajstić information content (AvgIpc) is 2.58. The fourth-order valence-corrected chi connectivity index (χ4v) is 3.26. The molecule has 18 heavy (non-hydrogen) atoms. The average molecular weight is 252 g/mol. The lowest BCUT2D eigenvalue weighted by molar-refractivity contribution is -0.141. The number of hydrogen-bond donors (Lipinski definition) is 1. The third-order valence-electron chi connectivity index (χ3n) is 4.77. The summed E-state index contributed by atoms with van der Waals surface area (Å²) in [5.41, 5.74) is -1.79. The smallest absolute Gasteiger partial charge is 0.246 e. The number of amides is 2. The van der Waals surface area contributed by atoms with Gasteiger partial charge >= 0.3 is 0 Å². The maximum atomic E-state index is 12.3. The molecule has 0 spiro atoms. The third kappa shape index (κ3) is 1.30. The van der Waals surface area contributed by atoms with E-state index in [1.807, 2.05) is 6.92 Å². The fourth-order valence-electron chi connectivity index (χ4n) is 3.26. The number of fused-ring (bicyclic) bond motifs is 2. The van der Waals surface area contributed by atoms with Gasteiger partial charge in [-0.2, -0.15) is 0 Å². The highest BCUT2D eigenvalue weighted by atomic mass is 16.2. The fraction of sp³-hybridized carbons (Fsp3) is 0.769. The molecular weight excluding hydrogens is 232 g/mol. The van der Waals surface area contributed by atoms with Crippen molar-refractivity contribution in [3.8, 4) is 0 Å². The molecule has 1 N–H and O–H groups in total. The van der Waals surface area contributed by atoms with Crippen molar-refractivity contribution in [1.82, 2.24) is 10.2 Å². The molecule has 0 radical (unpaired) electrons. The van der Waals surface area contributed by atoms with Crippen LogP contribution < -0.4 is 5.32 Å². The van der Waals surface area contributed by atoms with Crippen LogP contribution in [0.25, 0.3) is 0 Å². The lowest BCUT2D eigenvalue weighted by Crippen LogP contribution is -2.66. The van der Waals surface area contributed by atoms with E-state index in [0.29, 0.717) is 19.3 Å². The Hall–Kier alpha value is -1.39. The molecular formula is C13H20N2O3. The van der Waals surface area contributed by atoms with Crippen molar-refractivity contribution in [2.24, 2.45) is 5.92 Å². The van der Waals surface area contributed by atoms with Crippen molar-refractivity contribution in [2.45, 2.75) is 51.1 Å². The summed E-state index contributed by atoms with van der Waals surface area (Å²) in [7, 11) is 1.64. The normalized spacial score (nSPS) is 38.9. The van der Waals surface area contributed by atoms with Crippen LogP contribution in [-0.2, 0) is 14.4 Å². The van der Waals surface area contributed by atoms with Gasteiger partial charge in [-0.15, -0.1) is 0 Å². The topological polar surface area (TPSA) is 66.5 Å². The molecule has 0 aromatic rings. The van der Waals surface area contributed by atoms with E-state index in [0.717, 1.165) is 0 Å². The zero-order valence-electron chi connectivity index (χ0n) is 11.4. The second-order valence-electron chi connectivity index (χ2n) is 5.48. The molecule has 2 saturated heterocycles. The number of Topliss-reactive ketones (excluding diaryl/α,β-unsaturated/α-hetero) is 1. The van der Waals surface area contributed by atoms with Crippen LogP contribution in [0.2, 0.25) is 0 Å². The van der Waals surface area contributed by atoms with Gasteiger partial charge in [0.25, 0.3) is 0 Å². The van der Waals surface area contributed by atoms with Crippen LogP contribution in [0.5, 0.6) is 0 Å². The number of carbonyl (C=O) groups excluding carboxylic acids is 3. The number of piperidine rings is 1. The SMILES string of the molecule is CCC(=O)C1(CC)NC(=O)[C@]2(C)C[C@H]1C(=O)N2C. The van der Waals surface area contributed by atoms with E-state index in [9.17, 15) is 14.4 Å². The van der Waals surface area contributed by atoms with Gasteiger partial charge in [0.2, 0.25) is 11.8 Å². The monoisotopic (exact) mass is 252 g/mol. The van der Waals surface area contributed by atoms with E-state index in [2.05, 4.69) is 5.32 Å². The van der Waals surface area contributed by atoms with Crippen LogP contribution in [0.15, 0.2) is 0 Å². The Morgan fingerprint density at radius 2 is 2.06 bits per heavy atom. The van der Waals surface area contributed by atoms with Gasteiger partial charge in [0, 0.05) is 13.5 Å². The predicted molar refractivity (Wildman–Crippen MR) is 65.7 cm³/mol. The van der Waals surface area contributed by atoms with Crippen LogP contribution in [0.4, 0.5) is 0 Å². The van der Waals surface area contributed by atoms with Crippen molar-refractivity contribution in [1.29, 1.82) is 0 Å². The van der Waals surface area contributed by atoms with Crippen molar-refractivity contribution in [2.75, 3.05) is 7.05 Å². The van der Waals surface area contributed by atoms with Crippen LogP contribution >= 0.6 is 0 Å². The summed E-state index contributed by atoms with van der Waals surface area (Å²) < 4.78 is 0. The molecule has 5 heteroatoms. The summed E-state index contributed by atoms with van der Waals surface area (Å²) in [5.74, 6) is -0.771. The van der Waals surface area contributed by atoms with Gasteiger partial charge in [-0.25, -0.2) is 0 Å². The van der Waals surface area contributed by atoms with Gasteiger partial charge in [0.15, 0.2) is 5.78 Å². The maximum Gasteiger partial charge on any atom is 0.246 e. The van der Waals surface area contributed by atoms with Crippen molar-refractivity contribution in [3.05, 3.63) is 0 Å². The minimum Gasteiger partial charge on any atom is -0.341 e. The highest BCUT2D eigenvalue weighted by molar-refractivity contribution is 6.06. The van der Waals surface area contributed by atoms with Crippen LogP contribution in [-0.4, -0.2) is 40.6 Å². The molecule has 2 bridgehead atoms. The number of carbonyl (C=O) groups is 3. The standard InChI is InChI=1S/C13H20N2O3/c1-5-9(16)13(6-2)8-7-12(3,11(18)14-13)15(4)10(8)17/h8H,5-7H2,1-4H3,(H,14,18)/t8-,12-,13?/m0/s1. The van der Waals surface area contributed by atoms with Gasteiger partial charge in [-0.1, -0.05) is 13.8 Å². The first kappa shape index (κ1) is 13.1. The Morgan fingerprint density at radius 1 is 1.44 bits per heavy atom. The zero-order chi connectivity index (χ0) is 13.7. The van der Waals surface area contributed by atoms with E-state index in [-0.39, 0.29) is 17.6 Å². The molecule has 1 unspecified atom stereocenters. The first-order valence-corrected chi connectivity index (χ1v) is 6.47. The first-order valence-electron chi connectivity index (χ1n) is 6.47. The minimum atomic E-state index is -0.993. The maximum absolute atomic E-state index is 12.3. The molecule has 2 rings (SSSR count). The van der Waals surface area contributed by atoms with Gasteiger partial charge in [0.05, 0.1) is 5.92 Å². The molecule has 100 valence electrons. The van der Waals surface area contributed by atoms with E-state index in [1.54, 1.807) is 20.9 Å². The summed E-state index contributed by atoms with van der Waals surface area (Å²) in [5, 5.41) is 2.84. The highest BCUT2D eigenvalue weighted by Crippen LogP contribution is 2.45. The summed E-state index contributed by atoms with van der Waals surface area (Å²) in [4.78, 5) is 38.3. The first-order chi connectivity index (χ1) is 8.33. The Labute approximate surface area is 107 Å². The minimum absolute atomic E-state index is 0.0472.